The van der Waals surface area contributed by atoms with Gasteiger partial charge in [-0.05, 0) is 35.2 Å². The second kappa shape index (κ2) is 6.39. The van der Waals surface area contributed by atoms with Gasteiger partial charge < -0.3 is 9.84 Å². The first-order chi connectivity index (χ1) is 9.24. The largest absolute Gasteiger partial charge is 0.497 e. The summed E-state index contributed by atoms with van der Waals surface area (Å²) in [5.41, 5.74) is 3.11. The quantitative estimate of drug-likeness (QED) is 0.883. The molecular formula is C17H20O2. The maximum absolute atomic E-state index is 10.3. The van der Waals surface area contributed by atoms with Crippen LogP contribution >= 0.6 is 0 Å². The summed E-state index contributed by atoms with van der Waals surface area (Å²) in [6.45, 7) is 2.17. The van der Waals surface area contributed by atoms with Crippen LogP contribution in [-0.2, 0) is 6.42 Å². The lowest BCUT2D eigenvalue weighted by atomic mass is 9.99. The summed E-state index contributed by atoms with van der Waals surface area (Å²) in [5.74, 6) is 0.800. The van der Waals surface area contributed by atoms with Crippen LogP contribution in [0.3, 0.4) is 0 Å². The van der Waals surface area contributed by atoms with Crippen LogP contribution in [0.25, 0.3) is 0 Å². The number of benzene rings is 2. The highest BCUT2D eigenvalue weighted by molar-refractivity contribution is 5.35. The number of rotatable bonds is 5. The van der Waals surface area contributed by atoms with Crippen LogP contribution in [0.15, 0.2) is 48.5 Å². The van der Waals surface area contributed by atoms with E-state index in [1.165, 1.54) is 5.56 Å². The van der Waals surface area contributed by atoms with Gasteiger partial charge in [-0.25, -0.2) is 0 Å². The molecule has 0 fully saturated rings. The molecule has 1 N–H and O–H groups in total. The van der Waals surface area contributed by atoms with E-state index in [-0.39, 0.29) is 0 Å². The Hall–Kier alpha value is -1.80. The lowest BCUT2D eigenvalue weighted by Gasteiger charge is -2.12. The molecule has 19 heavy (non-hydrogen) atoms. The molecule has 0 saturated heterocycles. The van der Waals surface area contributed by atoms with E-state index in [4.69, 9.17) is 4.74 Å². The molecule has 0 amide bonds. The molecule has 2 heteroatoms. The van der Waals surface area contributed by atoms with E-state index in [2.05, 4.69) is 19.1 Å². The zero-order chi connectivity index (χ0) is 13.7. The molecule has 2 rings (SSSR count). The van der Waals surface area contributed by atoms with Crippen LogP contribution in [0.2, 0.25) is 0 Å². The average Bonchev–Trinajstić information content (AvgIpc) is 2.48. The molecule has 0 heterocycles. The molecule has 1 atom stereocenters. The maximum Gasteiger partial charge on any atom is 0.118 e. The second-order valence-corrected chi connectivity index (χ2v) is 4.67. The van der Waals surface area contributed by atoms with Crippen LogP contribution in [0.1, 0.15) is 36.1 Å². The monoisotopic (exact) mass is 256 g/mol. The molecule has 0 aromatic heterocycles. The number of methoxy groups -OCH3 is 1. The molecule has 0 radical (unpaired) electrons. The Bertz CT molecular complexity index is 500. The number of ether oxygens (including phenoxy) is 1. The van der Waals surface area contributed by atoms with Crippen molar-refractivity contribution in [2.45, 2.75) is 25.9 Å². The van der Waals surface area contributed by atoms with Gasteiger partial charge in [0.1, 0.15) is 11.9 Å². The molecule has 0 aliphatic rings. The van der Waals surface area contributed by atoms with E-state index in [1.807, 2.05) is 36.4 Å². The zero-order valence-corrected chi connectivity index (χ0v) is 11.5. The fourth-order valence-electron chi connectivity index (χ4n) is 2.13. The summed E-state index contributed by atoms with van der Waals surface area (Å²) in [4.78, 5) is 0. The SMILES string of the molecule is CCCc1ccc(C(O)c2ccc(OC)cc2)cc1. The Labute approximate surface area is 114 Å². The van der Waals surface area contributed by atoms with Crippen LogP contribution in [0.5, 0.6) is 5.75 Å². The summed E-state index contributed by atoms with van der Waals surface area (Å²) in [5, 5.41) is 10.3. The van der Waals surface area contributed by atoms with Gasteiger partial charge in [0.25, 0.3) is 0 Å². The fourth-order valence-corrected chi connectivity index (χ4v) is 2.13. The van der Waals surface area contributed by atoms with E-state index in [9.17, 15) is 5.11 Å². The Balaban J connectivity index is 2.15. The van der Waals surface area contributed by atoms with Crippen LogP contribution < -0.4 is 4.74 Å². The van der Waals surface area contributed by atoms with Crippen LogP contribution in [0, 0.1) is 0 Å². The van der Waals surface area contributed by atoms with Crippen molar-refractivity contribution in [3.8, 4) is 5.75 Å². The minimum absolute atomic E-state index is 0.582. The average molecular weight is 256 g/mol. The van der Waals surface area contributed by atoms with Gasteiger partial charge in [0.05, 0.1) is 7.11 Å². The third-order valence-corrected chi connectivity index (χ3v) is 3.27. The minimum Gasteiger partial charge on any atom is -0.497 e. The van der Waals surface area contributed by atoms with Gasteiger partial charge in [0, 0.05) is 0 Å². The molecule has 0 saturated carbocycles. The first-order valence-electron chi connectivity index (χ1n) is 6.65. The van der Waals surface area contributed by atoms with Crippen molar-refractivity contribution >= 4 is 0 Å². The molecule has 0 aliphatic carbocycles. The molecule has 0 bridgehead atoms. The lowest BCUT2D eigenvalue weighted by molar-refractivity contribution is 0.220. The van der Waals surface area contributed by atoms with Crippen molar-refractivity contribution in [1.82, 2.24) is 0 Å². The third kappa shape index (κ3) is 3.36. The Morgan fingerprint density at radius 1 is 0.947 bits per heavy atom. The summed E-state index contributed by atoms with van der Waals surface area (Å²) >= 11 is 0. The van der Waals surface area contributed by atoms with Crippen LogP contribution in [0.4, 0.5) is 0 Å². The molecular weight excluding hydrogens is 236 g/mol. The predicted octanol–water partition coefficient (Wildman–Crippen LogP) is 3.73. The van der Waals surface area contributed by atoms with Gasteiger partial charge in [-0.3, -0.25) is 0 Å². The molecule has 100 valence electrons. The first kappa shape index (κ1) is 13.6. The van der Waals surface area contributed by atoms with Gasteiger partial charge in [-0.15, -0.1) is 0 Å². The van der Waals surface area contributed by atoms with Gasteiger partial charge in [-0.2, -0.15) is 0 Å². The molecule has 2 aromatic rings. The highest BCUT2D eigenvalue weighted by atomic mass is 16.5. The Morgan fingerprint density at radius 3 is 1.95 bits per heavy atom. The standard InChI is InChI=1S/C17H20O2/c1-3-4-13-5-7-14(8-6-13)17(18)15-9-11-16(19-2)12-10-15/h5-12,17-18H,3-4H2,1-2H3. The topological polar surface area (TPSA) is 29.5 Å². The first-order valence-corrected chi connectivity index (χ1v) is 6.65. The molecule has 0 aliphatic heterocycles. The Kier molecular flexibility index (Phi) is 4.58. The highest BCUT2D eigenvalue weighted by Gasteiger charge is 2.10. The summed E-state index contributed by atoms with van der Waals surface area (Å²) in [6, 6.07) is 15.7. The van der Waals surface area contributed by atoms with Gasteiger partial charge >= 0.3 is 0 Å². The molecule has 1 unspecified atom stereocenters. The van der Waals surface area contributed by atoms with E-state index in [1.54, 1.807) is 7.11 Å². The highest BCUT2D eigenvalue weighted by Crippen LogP contribution is 2.24. The van der Waals surface area contributed by atoms with Crippen molar-refractivity contribution in [1.29, 1.82) is 0 Å². The number of aliphatic hydroxyl groups is 1. The summed E-state index contributed by atoms with van der Waals surface area (Å²) < 4.78 is 5.12. The minimum atomic E-state index is -0.582. The number of hydrogen-bond donors (Lipinski definition) is 1. The van der Waals surface area contributed by atoms with Crippen molar-refractivity contribution in [3.05, 3.63) is 65.2 Å². The number of hydrogen-bond acceptors (Lipinski definition) is 2. The number of aryl methyl sites for hydroxylation is 1. The second-order valence-electron chi connectivity index (χ2n) is 4.67. The normalized spacial score (nSPS) is 12.2. The van der Waals surface area contributed by atoms with E-state index >= 15 is 0 Å². The third-order valence-electron chi connectivity index (χ3n) is 3.27. The van der Waals surface area contributed by atoms with Crippen molar-refractivity contribution in [2.24, 2.45) is 0 Å². The smallest absolute Gasteiger partial charge is 0.118 e. The fraction of sp³-hybridized carbons (Fsp3) is 0.294. The predicted molar refractivity (Wildman–Crippen MR) is 77.5 cm³/mol. The Morgan fingerprint density at radius 2 is 1.47 bits per heavy atom. The van der Waals surface area contributed by atoms with Gasteiger partial charge in [-0.1, -0.05) is 49.7 Å². The molecule has 2 nitrogen and oxygen atoms in total. The summed E-state index contributed by atoms with van der Waals surface area (Å²) in [6.07, 6.45) is 1.64. The van der Waals surface area contributed by atoms with E-state index in [0.717, 1.165) is 29.7 Å². The number of aliphatic hydroxyl groups excluding tert-OH is 1. The van der Waals surface area contributed by atoms with E-state index in [0.29, 0.717) is 0 Å². The van der Waals surface area contributed by atoms with Crippen molar-refractivity contribution < 1.29 is 9.84 Å². The van der Waals surface area contributed by atoms with E-state index < -0.39 is 6.10 Å². The lowest BCUT2D eigenvalue weighted by Crippen LogP contribution is -1.99. The maximum atomic E-state index is 10.3. The van der Waals surface area contributed by atoms with Gasteiger partial charge in [0.2, 0.25) is 0 Å². The van der Waals surface area contributed by atoms with Gasteiger partial charge in [0.15, 0.2) is 0 Å². The van der Waals surface area contributed by atoms with Crippen molar-refractivity contribution in [3.63, 3.8) is 0 Å². The molecule has 2 aromatic carbocycles. The zero-order valence-electron chi connectivity index (χ0n) is 11.5. The summed E-state index contributed by atoms with van der Waals surface area (Å²) in [7, 11) is 1.64. The van der Waals surface area contributed by atoms with Crippen LogP contribution in [-0.4, -0.2) is 12.2 Å². The van der Waals surface area contributed by atoms with Crippen molar-refractivity contribution in [2.75, 3.05) is 7.11 Å². The molecule has 0 spiro atoms.